The van der Waals surface area contributed by atoms with Crippen molar-refractivity contribution >= 4 is 31.9 Å². The van der Waals surface area contributed by atoms with Gasteiger partial charge in [-0.3, -0.25) is 0 Å². The van der Waals surface area contributed by atoms with E-state index < -0.39 is 0 Å². The Balaban J connectivity index is 2.27. The molecule has 1 heterocycles. The van der Waals surface area contributed by atoms with Crippen molar-refractivity contribution in [3.05, 3.63) is 50.9 Å². The van der Waals surface area contributed by atoms with E-state index in [1.165, 1.54) is 5.56 Å². The highest BCUT2D eigenvalue weighted by atomic mass is 79.9. The molecule has 0 saturated heterocycles. The Bertz CT molecular complexity index is 581. The van der Waals surface area contributed by atoms with Crippen molar-refractivity contribution in [3.8, 4) is 0 Å². The molecule has 0 radical (unpaired) electrons. The molecule has 0 aliphatic rings. The lowest BCUT2D eigenvalue weighted by Crippen LogP contribution is -2.25. The van der Waals surface area contributed by atoms with Crippen LogP contribution in [-0.2, 0) is 13.0 Å². The van der Waals surface area contributed by atoms with E-state index in [4.69, 9.17) is 0 Å². The summed E-state index contributed by atoms with van der Waals surface area (Å²) in [6, 6.07) is 6.57. The van der Waals surface area contributed by atoms with Crippen molar-refractivity contribution < 1.29 is 0 Å². The fraction of sp³-hybridized carbons (Fsp3) is 0.438. The lowest BCUT2D eigenvalue weighted by atomic mass is 10.0. The van der Waals surface area contributed by atoms with Gasteiger partial charge in [0.2, 0.25) is 0 Å². The first-order chi connectivity index (χ1) is 10.2. The topological polar surface area (TPSA) is 29.9 Å². The molecule has 0 spiro atoms. The van der Waals surface area contributed by atoms with Gasteiger partial charge in [0.15, 0.2) is 0 Å². The van der Waals surface area contributed by atoms with Crippen LogP contribution in [0.15, 0.2) is 39.5 Å². The van der Waals surface area contributed by atoms with Crippen molar-refractivity contribution in [1.82, 2.24) is 14.9 Å². The zero-order valence-corrected chi connectivity index (χ0v) is 15.6. The van der Waals surface area contributed by atoms with Gasteiger partial charge in [0.25, 0.3) is 0 Å². The van der Waals surface area contributed by atoms with Gasteiger partial charge in [-0.05, 0) is 43.7 Å². The third kappa shape index (κ3) is 4.41. The second-order valence-electron chi connectivity index (χ2n) is 5.01. The largest absolute Gasteiger partial charge is 0.335 e. The Morgan fingerprint density at radius 3 is 2.81 bits per heavy atom. The molecule has 1 atom stereocenters. The first-order valence-electron chi connectivity index (χ1n) is 7.34. The summed E-state index contributed by atoms with van der Waals surface area (Å²) in [5.41, 5.74) is 1.27. The van der Waals surface area contributed by atoms with Crippen LogP contribution >= 0.6 is 31.9 Å². The van der Waals surface area contributed by atoms with E-state index in [0.717, 1.165) is 40.7 Å². The van der Waals surface area contributed by atoms with E-state index in [1.807, 2.05) is 12.4 Å². The van der Waals surface area contributed by atoms with Crippen molar-refractivity contribution in [1.29, 1.82) is 0 Å². The number of nitrogens with zero attached hydrogens (tertiary/aromatic N) is 2. The molecular weight excluding hydrogens is 394 g/mol. The Hall–Kier alpha value is -0.650. The summed E-state index contributed by atoms with van der Waals surface area (Å²) < 4.78 is 4.43. The maximum Gasteiger partial charge on any atom is 0.110 e. The van der Waals surface area contributed by atoms with Crippen molar-refractivity contribution in [3.63, 3.8) is 0 Å². The van der Waals surface area contributed by atoms with Crippen LogP contribution in [0.4, 0.5) is 0 Å². The highest BCUT2D eigenvalue weighted by Crippen LogP contribution is 2.29. The number of benzene rings is 1. The molecule has 0 fully saturated rings. The first-order valence-corrected chi connectivity index (χ1v) is 8.92. The fourth-order valence-corrected chi connectivity index (χ4v) is 3.29. The average molecular weight is 415 g/mol. The predicted molar refractivity (Wildman–Crippen MR) is 94.5 cm³/mol. The molecule has 1 aromatic heterocycles. The second kappa shape index (κ2) is 8.11. The predicted octanol–water partition coefficient (Wildman–Crippen LogP) is 4.71. The van der Waals surface area contributed by atoms with Crippen molar-refractivity contribution in [2.45, 2.75) is 39.3 Å². The number of aryl methyl sites for hydroxylation is 1. The molecule has 1 N–H and O–H groups in total. The monoisotopic (exact) mass is 413 g/mol. The van der Waals surface area contributed by atoms with Gasteiger partial charge in [-0.15, -0.1) is 0 Å². The zero-order chi connectivity index (χ0) is 15.2. The van der Waals surface area contributed by atoms with E-state index in [1.54, 1.807) is 0 Å². The molecule has 1 aromatic carbocycles. The number of rotatable bonds is 7. The van der Waals surface area contributed by atoms with E-state index in [9.17, 15) is 0 Å². The van der Waals surface area contributed by atoms with Gasteiger partial charge < -0.3 is 9.88 Å². The number of imidazole rings is 1. The van der Waals surface area contributed by atoms with E-state index in [2.05, 4.69) is 78.8 Å². The van der Waals surface area contributed by atoms with Crippen LogP contribution in [0.25, 0.3) is 0 Å². The van der Waals surface area contributed by atoms with Gasteiger partial charge in [0.05, 0.1) is 0 Å². The summed E-state index contributed by atoms with van der Waals surface area (Å²) in [5.74, 6) is 1.12. The fourth-order valence-electron chi connectivity index (χ4n) is 2.39. The number of nitrogens with one attached hydrogen (secondary N) is 1. The van der Waals surface area contributed by atoms with Crippen LogP contribution in [-0.4, -0.2) is 16.1 Å². The summed E-state index contributed by atoms with van der Waals surface area (Å²) in [7, 11) is 0. The molecule has 0 saturated carbocycles. The summed E-state index contributed by atoms with van der Waals surface area (Å²) in [5, 5.41) is 3.64. The van der Waals surface area contributed by atoms with Crippen LogP contribution in [0.1, 0.15) is 37.7 Å². The number of hydrogen-bond donors (Lipinski definition) is 1. The van der Waals surface area contributed by atoms with Gasteiger partial charge in [0.1, 0.15) is 5.82 Å². The summed E-state index contributed by atoms with van der Waals surface area (Å²) in [6.45, 7) is 6.29. The molecule has 114 valence electrons. The maximum absolute atomic E-state index is 4.51. The minimum Gasteiger partial charge on any atom is -0.335 e. The molecule has 1 unspecified atom stereocenters. The van der Waals surface area contributed by atoms with Crippen LogP contribution in [0, 0.1) is 0 Å². The SMILES string of the molecule is CCCNC(Cc1nccn1CC)c1cc(Br)ccc1Br. The smallest absolute Gasteiger partial charge is 0.110 e. The first kappa shape index (κ1) is 16.7. The molecule has 5 heteroatoms. The van der Waals surface area contributed by atoms with E-state index in [-0.39, 0.29) is 6.04 Å². The molecule has 3 nitrogen and oxygen atoms in total. The molecule has 0 aliphatic carbocycles. The Morgan fingerprint density at radius 1 is 1.29 bits per heavy atom. The van der Waals surface area contributed by atoms with Gasteiger partial charge in [0, 0.05) is 40.3 Å². The molecular formula is C16H21Br2N3. The minimum atomic E-state index is 0.254. The van der Waals surface area contributed by atoms with Crippen molar-refractivity contribution in [2.75, 3.05) is 6.54 Å². The molecule has 0 bridgehead atoms. The number of hydrogen-bond acceptors (Lipinski definition) is 2. The van der Waals surface area contributed by atoms with Gasteiger partial charge in [-0.1, -0.05) is 38.8 Å². The lowest BCUT2D eigenvalue weighted by molar-refractivity contribution is 0.505. The molecule has 0 amide bonds. The van der Waals surface area contributed by atoms with Crippen molar-refractivity contribution in [2.24, 2.45) is 0 Å². The standard InChI is InChI=1S/C16H21Br2N3/c1-3-7-19-15(11-16-20-8-9-21(16)4-2)13-10-12(17)5-6-14(13)18/h5-6,8-10,15,19H,3-4,7,11H2,1-2H3. The summed E-state index contributed by atoms with van der Waals surface area (Å²) in [4.78, 5) is 4.51. The third-order valence-corrected chi connectivity index (χ3v) is 4.72. The number of aromatic nitrogens is 2. The third-order valence-electron chi connectivity index (χ3n) is 3.50. The van der Waals surface area contributed by atoms with Gasteiger partial charge in [-0.2, -0.15) is 0 Å². The maximum atomic E-state index is 4.51. The minimum absolute atomic E-state index is 0.254. The summed E-state index contributed by atoms with van der Waals surface area (Å²) >= 11 is 7.24. The van der Waals surface area contributed by atoms with E-state index >= 15 is 0 Å². The van der Waals surface area contributed by atoms with Gasteiger partial charge >= 0.3 is 0 Å². The lowest BCUT2D eigenvalue weighted by Gasteiger charge is -2.21. The Morgan fingerprint density at radius 2 is 2.10 bits per heavy atom. The average Bonchev–Trinajstić information content (AvgIpc) is 2.93. The van der Waals surface area contributed by atoms with Crippen LogP contribution in [0.2, 0.25) is 0 Å². The normalized spacial score (nSPS) is 12.6. The molecule has 2 aromatic rings. The van der Waals surface area contributed by atoms with E-state index in [0.29, 0.717) is 0 Å². The highest BCUT2D eigenvalue weighted by Gasteiger charge is 2.17. The number of halogens is 2. The molecule has 2 rings (SSSR count). The highest BCUT2D eigenvalue weighted by molar-refractivity contribution is 9.11. The Labute approximate surface area is 143 Å². The summed E-state index contributed by atoms with van der Waals surface area (Å²) in [6.07, 6.45) is 5.92. The molecule has 21 heavy (non-hydrogen) atoms. The van der Waals surface area contributed by atoms with Crippen LogP contribution in [0.5, 0.6) is 0 Å². The van der Waals surface area contributed by atoms with Crippen LogP contribution in [0.3, 0.4) is 0 Å². The van der Waals surface area contributed by atoms with Gasteiger partial charge in [-0.25, -0.2) is 4.98 Å². The second-order valence-corrected chi connectivity index (χ2v) is 6.78. The zero-order valence-electron chi connectivity index (χ0n) is 12.4. The van der Waals surface area contributed by atoms with Crippen LogP contribution < -0.4 is 5.32 Å². The quantitative estimate of drug-likeness (QED) is 0.710. The molecule has 0 aliphatic heterocycles. The Kier molecular flexibility index (Phi) is 6.45.